The maximum absolute atomic E-state index is 12.6. The third kappa shape index (κ3) is 5.44. The lowest BCUT2D eigenvalue weighted by Gasteiger charge is -2.43. The number of carbonyl (C=O) groups excluding carboxylic acids is 1. The smallest absolute Gasteiger partial charge is 0.317 e. The van der Waals surface area contributed by atoms with Crippen LogP contribution in [0, 0.1) is 17.8 Å². The number of nitrogens with zero attached hydrogens (tertiary/aromatic N) is 1. The van der Waals surface area contributed by atoms with Crippen LogP contribution in [0.2, 0.25) is 0 Å². The monoisotopic (exact) mass is 350 g/mol. The van der Waals surface area contributed by atoms with E-state index in [4.69, 9.17) is 5.11 Å². The second kappa shape index (κ2) is 8.52. The maximum atomic E-state index is 12.6. The topological polar surface area (TPSA) is 69.6 Å². The summed E-state index contributed by atoms with van der Waals surface area (Å²) in [6.45, 7) is 3.17. The summed E-state index contributed by atoms with van der Waals surface area (Å²) in [5, 5.41) is 12.4. The number of hydrogen-bond acceptors (Lipinski definition) is 3. The number of hydrogen-bond donors (Lipinski definition) is 2. The molecule has 1 atom stereocenters. The highest BCUT2D eigenvalue weighted by molar-refractivity contribution is 5.79. The fourth-order valence-electron chi connectivity index (χ4n) is 4.58. The Bertz CT molecular complexity index is 466. The van der Waals surface area contributed by atoms with Crippen molar-refractivity contribution in [2.45, 2.75) is 83.2 Å². The van der Waals surface area contributed by atoms with Crippen LogP contribution in [0.15, 0.2) is 0 Å². The molecule has 3 rings (SSSR count). The lowest BCUT2D eigenvalue weighted by molar-refractivity contribution is -0.140. The molecule has 3 fully saturated rings. The minimum absolute atomic E-state index is 0.140. The first-order valence-corrected chi connectivity index (χ1v) is 10.3. The molecule has 0 saturated heterocycles. The number of amides is 1. The molecular formula is C20H34N2O3. The molecule has 3 aliphatic carbocycles. The van der Waals surface area contributed by atoms with E-state index in [1.165, 1.54) is 38.5 Å². The molecule has 1 amide bonds. The van der Waals surface area contributed by atoms with Crippen LogP contribution in [0.5, 0.6) is 0 Å². The van der Waals surface area contributed by atoms with Crippen LogP contribution in [-0.2, 0) is 9.59 Å². The van der Waals surface area contributed by atoms with Gasteiger partial charge in [0.1, 0.15) is 0 Å². The largest absolute Gasteiger partial charge is 0.480 e. The number of carboxylic acid groups (broad SMARTS) is 1. The van der Waals surface area contributed by atoms with Crippen LogP contribution >= 0.6 is 0 Å². The van der Waals surface area contributed by atoms with Crippen molar-refractivity contribution in [1.82, 2.24) is 10.2 Å². The molecule has 142 valence electrons. The minimum Gasteiger partial charge on any atom is -0.480 e. The zero-order valence-electron chi connectivity index (χ0n) is 15.6. The molecule has 5 heteroatoms. The van der Waals surface area contributed by atoms with Crippen molar-refractivity contribution in [1.29, 1.82) is 0 Å². The van der Waals surface area contributed by atoms with Crippen LogP contribution in [0.3, 0.4) is 0 Å². The van der Waals surface area contributed by atoms with Crippen molar-refractivity contribution in [2.24, 2.45) is 17.8 Å². The van der Waals surface area contributed by atoms with Crippen LogP contribution in [0.4, 0.5) is 0 Å². The molecule has 5 nitrogen and oxygen atoms in total. The average molecular weight is 351 g/mol. The molecule has 0 aliphatic heterocycles. The van der Waals surface area contributed by atoms with Crippen LogP contribution in [0.25, 0.3) is 0 Å². The van der Waals surface area contributed by atoms with Gasteiger partial charge in [0.2, 0.25) is 5.91 Å². The molecule has 0 aromatic heterocycles. The zero-order chi connectivity index (χ0) is 17.8. The molecule has 0 bridgehead atoms. The van der Waals surface area contributed by atoms with E-state index >= 15 is 0 Å². The second-order valence-electron chi connectivity index (χ2n) is 8.59. The van der Waals surface area contributed by atoms with Gasteiger partial charge in [-0.05, 0) is 50.4 Å². The van der Waals surface area contributed by atoms with Crippen molar-refractivity contribution in [3.63, 3.8) is 0 Å². The van der Waals surface area contributed by atoms with E-state index in [9.17, 15) is 9.59 Å². The quantitative estimate of drug-likeness (QED) is 0.635. The lowest BCUT2D eigenvalue weighted by Crippen LogP contribution is -2.56. The molecule has 2 N–H and O–H groups in total. The summed E-state index contributed by atoms with van der Waals surface area (Å²) in [6.07, 6.45) is 11.5. The van der Waals surface area contributed by atoms with E-state index < -0.39 is 5.97 Å². The SMILES string of the molecule is CCC(CC1CCCC1)C(=O)NC1CC(N(CC(=O)O)CC2CC2)C1. The molecule has 0 aromatic rings. The number of aliphatic carboxylic acids is 1. The van der Waals surface area contributed by atoms with E-state index in [0.29, 0.717) is 12.0 Å². The summed E-state index contributed by atoms with van der Waals surface area (Å²) >= 11 is 0. The Morgan fingerprint density at radius 1 is 1.12 bits per heavy atom. The van der Waals surface area contributed by atoms with Gasteiger partial charge >= 0.3 is 5.97 Å². The Balaban J connectivity index is 1.41. The van der Waals surface area contributed by atoms with Crippen LogP contribution in [0.1, 0.15) is 71.1 Å². The normalized spacial score (nSPS) is 27.9. The van der Waals surface area contributed by atoms with Gasteiger partial charge in [-0.25, -0.2) is 0 Å². The van der Waals surface area contributed by atoms with Gasteiger partial charge in [0, 0.05) is 24.5 Å². The van der Waals surface area contributed by atoms with E-state index in [0.717, 1.165) is 38.1 Å². The van der Waals surface area contributed by atoms with Gasteiger partial charge in [-0.15, -0.1) is 0 Å². The number of rotatable bonds is 10. The highest BCUT2D eigenvalue weighted by Crippen LogP contribution is 2.34. The maximum Gasteiger partial charge on any atom is 0.317 e. The summed E-state index contributed by atoms with van der Waals surface area (Å²) < 4.78 is 0. The number of carboxylic acids is 1. The third-order valence-corrected chi connectivity index (χ3v) is 6.46. The third-order valence-electron chi connectivity index (χ3n) is 6.46. The lowest BCUT2D eigenvalue weighted by atomic mass is 9.84. The Morgan fingerprint density at radius 3 is 2.36 bits per heavy atom. The van der Waals surface area contributed by atoms with E-state index in [-0.39, 0.29) is 24.4 Å². The van der Waals surface area contributed by atoms with E-state index in [1.807, 2.05) is 0 Å². The molecule has 0 heterocycles. The molecule has 0 radical (unpaired) electrons. The van der Waals surface area contributed by atoms with Gasteiger partial charge in [-0.2, -0.15) is 0 Å². The molecule has 3 saturated carbocycles. The molecule has 1 unspecified atom stereocenters. The summed E-state index contributed by atoms with van der Waals surface area (Å²) in [5.74, 6) is 1.09. The highest BCUT2D eigenvalue weighted by atomic mass is 16.4. The van der Waals surface area contributed by atoms with Gasteiger partial charge in [0.05, 0.1) is 6.54 Å². The predicted molar refractivity (Wildman–Crippen MR) is 97.2 cm³/mol. The number of carbonyl (C=O) groups is 2. The Morgan fingerprint density at radius 2 is 1.80 bits per heavy atom. The molecule has 25 heavy (non-hydrogen) atoms. The second-order valence-corrected chi connectivity index (χ2v) is 8.59. The molecule has 0 aromatic carbocycles. The molecule has 3 aliphatic rings. The van der Waals surface area contributed by atoms with Crippen molar-refractivity contribution in [3.05, 3.63) is 0 Å². The van der Waals surface area contributed by atoms with Gasteiger partial charge in [0.15, 0.2) is 0 Å². The first-order chi connectivity index (χ1) is 12.0. The van der Waals surface area contributed by atoms with Crippen molar-refractivity contribution in [3.8, 4) is 0 Å². The first kappa shape index (κ1) is 18.7. The average Bonchev–Trinajstić information content (AvgIpc) is 3.19. The van der Waals surface area contributed by atoms with Crippen molar-refractivity contribution < 1.29 is 14.7 Å². The van der Waals surface area contributed by atoms with Crippen LogP contribution in [-0.4, -0.2) is 47.1 Å². The number of nitrogens with one attached hydrogen (secondary N) is 1. The Labute approximate surface area is 151 Å². The first-order valence-electron chi connectivity index (χ1n) is 10.3. The highest BCUT2D eigenvalue weighted by Gasteiger charge is 2.38. The Kier molecular flexibility index (Phi) is 6.37. The molecular weight excluding hydrogens is 316 g/mol. The van der Waals surface area contributed by atoms with Gasteiger partial charge in [-0.3, -0.25) is 14.5 Å². The summed E-state index contributed by atoms with van der Waals surface area (Å²) in [7, 11) is 0. The van der Waals surface area contributed by atoms with Gasteiger partial charge < -0.3 is 10.4 Å². The van der Waals surface area contributed by atoms with Gasteiger partial charge in [0.25, 0.3) is 0 Å². The van der Waals surface area contributed by atoms with Crippen LogP contribution < -0.4 is 5.32 Å². The minimum atomic E-state index is -0.740. The Hall–Kier alpha value is -1.10. The summed E-state index contributed by atoms with van der Waals surface area (Å²) in [5.41, 5.74) is 0. The van der Waals surface area contributed by atoms with E-state index in [2.05, 4.69) is 17.1 Å². The van der Waals surface area contributed by atoms with E-state index in [1.54, 1.807) is 0 Å². The zero-order valence-corrected chi connectivity index (χ0v) is 15.6. The predicted octanol–water partition coefficient (Wildman–Crippen LogP) is 3.04. The van der Waals surface area contributed by atoms with Crippen molar-refractivity contribution in [2.75, 3.05) is 13.1 Å². The van der Waals surface area contributed by atoms with Crippen molar-refractivity contribution >= 4 is 11.9 Å². The summed E-state index contributed by atoms with van der Waals surface area (Å²) in [4.78, 5) is 25.8. The standard InChI is InChI=1S/C20H34N2O3/c1-2-16(9-14-5-3-4-6-14)20(25)21-17-10-18(11-17)22(13-19(23)24)12-15-7-8-15/h14-18H,2-13H2,1H3,(H,21,25)(H,23,24). The fraction of sp³-hybridized carbons (Fsp3) is 0.900. The fourth-order valence-corrected chi connectivity index (χ4v) is 4.58. The summed E-state index contributed by atoms with van der Waals surface area (Å²) in [6, 6.07) is 0.572. The molecule has 0 spiro atoms. The van der Waals surface area contributed by atoms with Gasteiger partial charge in [-0.1, -0.05) is 32.6 Å².